The van der Waals surface area contributed by atoms with Gasteiger partial charge in [-0.2, -0.15) is 74.6 Å². The lowest BCUT2D eigenvalue weighted by Crippen LogP contribution is -2.74. The molecule has 1 radical (unpaired) electrons. The van der Waals surface area contributed by atoms with Gasteiger partial charge >= 0.3 is 47.6 Å². The lowest BCUT2D eigenvalue weighted by atomic mass is 9.59. The second-order valence-corrected chi connectivity index (χ2v) is 12.2. The molecule has 2 rings (SSSR count). The zero-order chi connectivity index (χ0) is 37.7. The number of hydrogen-bond acceptors (Lipinski definition) is 2. The second-order valence-electron chi connectivity index (χ2n) is 12.2. The van der Waals surface area contributed by atoms with Crippen molar-refractivity contribution in [2.24, 2.45) is 17.3 Å². The molecule has 3 nitrogen and oxygen atoms in total. The van der Waals surface area contributed by atoms with Crippen molar-refractivity contribution in [2.75, 3.05) is 6.54 Å². The molecule has 2 atom stereocenters. The van der Waals surface area contributed by atoms with Gasteiger partial charge in [0.25, 0.3) is 0 Å². The first-order valence-corrected chi connectivity index (χ1v) is 13.7. The number of likely N-dealkylation sites (tertiary alicyclic amines) is 1. The SMILES string of the molecule is CC(C)(C)C1C(=O)N(CCCCC(F)(F)C(F)(F)C(F)(F)C(F)(F)C(F)(F)C(F)(F)C(F)(F)C(F)(F)F)C(=O)C1C[B]c1ccccc1. The van der Waals surface area contributed by atoms with E-state index in [2.05, 4.69) is 0 Å². The summed E-state index contributed by atoms with van der Waals surface area (Å²) in [6.45, 7) is 3.95. The van der Waals surface area contributed by atoms with Gasteiger partial charge in [0.1, 0.15) is 0 Å². The van der Waals surface area contributed by atoms with E-state index in [1.807, 2.05) is 0 Å². The molecule has 0 N–H and O–H groups in total. The van der Waals surface area contributed by atoms with E-state index < -0.39 is 103 Å². The van der Waals surface area contributed by atoms with Crippen molar-refractivity contribution in [3.05, 3.63) is 30.3 Å². The Hall–Kier alpha value is -2.77. The van der Waals surface area contributed by atoms with Gasteiger partial charge in [-0.15, -0.1) is 0 Å². The van der Waals surface area contributed by atoms with Crippen LogP contribution in [0.1, 0.15) is 40.0 Å². The smallest absolute Gasteiger partial charge is 0.282 e. The summed E-state index contributed by atoms with van der Waals surface area (Å²) in [6.07, 6.45) is -12.8. The molecule has 0 aliphatic carbocycles. The molecule has 1 heterocycles. The van der Waals surface area contributed by atoms with Gasteiger partial charge in [0.2, 0.25) is 11.8 Å². The third-order valence-corrected chi connectivity index (χ3v) is 7.77. The van der Waals surface area contributed by atoms with Gasteiger partial charge in [-0.25, -0.2) is 0 Å². The van der Waals surface area contributed by atoms with Crippen LogP contribution in [0.3, 0.4) is 0 Å². The normalized spacial score (nSPS) is 19.7. The molecular formula is C27H26BF17NO2. The summed E-state index contributed by atoms with van der Waals surface area (Å²) < 4.78 is 229. The Morgan fingerprint density at radius 1 is 0.604 bits per heavy atom. The number of carbonyl (C=O) groups is 2. The number of benzene rings is 1. The van der Waals surface area contributed by atoms with Crippen LogP contribution in [0.4, 0.5) is 74.6 Å². The summed E-state index contributed by atoms with van der Waals surface area (Å²) in [6, 6.07) is 8.38. The summed E-state index contributed by atoms with van der Waals surface area (Å²) in [4.78, 5) is 26.7. The summed E-state index contributed by atoms with van der Waals surface area (Å²) in [5.41, 5.74) is -0.212. The monoisotopic (exact) mass is 730 g/mol. The number of hydrogen-bond donors (Lipinski definition) is 0. The highest BCUT2D eigenvalue weighted by Gasteiger charge is 2.95. The Balaban J connectivity index is 2.23. The lowest BCUT2D eigenvalue weighted by Gasteiger charge is -2.42. The highest BCUT2D eigenvalue weighted by Crippen LogP contribution is 2.64. The molecule has 0 aromatic heterocycles. The molecule has 0 spiro atoms. The van der Waals surface area contributed by atoms with E-state index in [4.69, 9.17) is 0 Å². The number of imide groups is 1. The molecule has 1 saturated heterocycles. The van der Waals surface area contributed by atoms with Crippen molar-refractivity contribution in [3.8, 4) is 0 Å². The maximum absolute atomic E-state index is 14.3. The van der Waals surface area contributed by atoms with Crippen molar-refractivity contribution in [2.45, 2.75) is 94.0 Å². The van der Waals surface area contributed by atoms with E-state index in [0.29, 0.717) is 10.4 Å². The van der Waals surface area contributed by atoms with Crippen molar-refractivity contribution in [3.63, 3.8) is 0 Å². The number of alkyl halides is 17. The zero-order valence-corrected chi connectivity index (χ0v) is 24.8. The third-order valence-electron chi connectivity index (χ3n) is 7.77. The van der Waals surface area contributed by atoms with E-state index >= 15 is 0 Å². The first-order valence-electron chi connectivity index (χ1n) is 13.7. The summed E-state index contributed by atoms with van der Waals surface area (Å²) >= 11 is 0. The summed E-state index contributed by atoms with van der Waals surface area (Å²) in [5, 5.41) is 0. The maximum Gasteiger partial charge on any atom is 0.460 e. The molecular weight excluding hydrogens is 704 g/mol. The number of amides is 2. The molecule has 1 aromatic carbocycles. The van der Waals surface area contributed by atoms with Gasteiger partial charge in [-0.3, -0.25) is 14.5 Å². The average Bonchev–Trinajstić information content (AvgIpc) is 3.17. The van der Waals surface area contributed by atoms with Crippen molar-refractivity contribution in [1.82, 2.24) is 4.90 Å². The van der Waals surface area contributed by atoms with Gasteiger partial charge in [0.15, 0.2) is 7.28 Å². The molecule has 1 fully saturated rings. The first-order chi connectivity index (χ1) is 21.3. The predicted molar refractivity (Wildman–Crippen MR) is 134 cm³/mol. The van der Waals surface area contributed by atoms with Crippen LogP contribution in [-0.2, 0) is 9.59 Å². The zero-order valence-electron chi connectivity index (χ0n) is 24.8. The molecule has 2 amide bonds. The molecule has 1 aromatic rings. The Bertz CT molecular complexity index is 1310. The molecule has 2 unspecified atom stereocenters. The second kappa shape index (κ2) is 12.8. The molecule has 0 saturated carbocycles. The van der Waals surface area contributed by atoms with Crippen LogP contribution < -0.4 is 5.46 Å². The van der Waals surface area contributed by atoms with Crippen LogP contribution >= 0.6 is 0 Å². The van der Waals surface area contributed by atoms with Crippen LogP contribution in [0.25, 0.3) is 0 Å². The summed E-state index contributed by atoms with van der Waals surface area (Å²) in [7, 11) is 1.61. The van der Waals surface area contributed by atoms with Gasteiger partial charge in [-0.1, -0.05) is 62.9 Å². The number of halogens is 17. The largest absolute Gasteiger partial charge is 0.460 e. The molecule has 273 valence electrons. The predicted octanol–water partition coefficient (Wildman–Crippen LogP) is 8.26. The van der Waals surface area contributed by atoms with E-state index in [9.17, 15) is 84.2 Å². The number of nitrogens with zero attached hydrogens (tertiary/aromatic N) is 1. The fraction of sp³-hybridized carbons (Fsp3) is 0.704. The van der Waals surface area contributed by atoms with Crippen molar-refractivity contribution in [1.29, 1.82) is 0 Å². The molecule has 1 aliphatic heterocycles. The number of rotatable bonds is 14. The van der Waals surface area contributed by atoms with Crippen molar-refractivity contribution < 1.29 is 84.2 Å². The molecule has 21 heteroatoms. The Labute approximate surface area is 262 Å². The highest BCUT2D eigenvalue weighted by molar-refractivity contribution is 6.53. The maximum atomic E-state index is 14.3. The van der Waals surface area contributed by atoms with Crippen LogP contribution in [-0.4, -0.2) is 78.2 Å². The fourth-order valence-corrected chi connectivity index (χ4v) is 5.05. The topological polar surface area (TPSA) is 37.4 Å². The van der Waals surface area contributed by atoms with Gasteiger partial charge in [-0.05, 0) is 18.3 Å². The van der Waals surface area contributed by atoms with Crippen molar-refractivity contribution >= 4 is 24.6 Å². The standard InChI is InChI=1S/C27H26BF17NO2/c1-19(2,3)16-15(13-28-14-9-5-4-6-10-14)17(47)46(18(16)48)12-8-7-11-20(29,30)21(31,32)22(33,34)23(35,36)24(37,38)25(39,40)26(41,42)27(43,44)45/h4-6,9-10,15-16H,7-8,11-13H2,1-3H3. The van der Waals surface area contributed by atoms with Crippen LogP contribution in [0.2, 0.25) is 6.32 Å². The molecule has 48 heavy (non-hydrogen) atoms. The minimum absolute atomic E-state index is 0.000800. The van der Waals surface area contributed by atoms with Gasteiger partial charge < -0.3 is 0 Å². The van der Waals surface area contributed by atoms with Gasteiger partial charge in [0.05, 0.1) is 5.92 Å². The minimum Gasteiger partial charge on any atom is -0.282 e. The Morgan fingerprint density at radius 3 is 1.48 bits per heavy atom. The third kappa shape index (κ3) is 6.71. The van der Waals surface area contributed by atoms with Gasteiger partial charge in [0, 0.05) is 18.9 Å². The van der Waals surface area contributed by atoms with Crippen LogP contribution in [0.15, 0.2) is 30.3 Å². The number of unbranched alkanes of at least 4 members (excludes halogenated alkanes) is 1. The molecule has 1 aliphatic rings. The van der Waals surface area contributed by atoms with Crippen LogP contribution in [0.5, 0.6) is 0 Å². The first kappa shape index (κ1) is 41.4. The van der Waals surface area contributed by atoms with E-state index in [1.165, 1.54) is 0 Å². The van der Waals surface area contributed by atoms with E-state index in [1.54, 1.807) is 58.4 Å². The Kier molecular flexibility index (Phi) is 11.1. The minimum atomic E-state index is -8.68. The Morgan fingerprint density at radius 2 is 1.04 bits per heavy atom. The summed E-state index contributed by atoms with van der Waals surface area (Å²) in [5.74, 6) is -60.4. The molecule has 0 bridgehead atoms. The lowest BCUT2D eigenvalue weighted by molar-refractivity contribution is -0.461. The quantitative estimate of drug-likeness (QED) is 0.0838. The number of carbonyl (C=O) groups excluding carboxylic acids is 2. The van der Waals surface area contributed by atoms with E-state index in [-0.39, 0.29) is 6.32 Å². The highest BCUT2D eigenvalue weighted by atomic mass is 19.4. The van der Waals surface area contributed by atoms with E-state index in [0.717, 1.165) is 0 Å². The fourth-order valence-electron chi connectivity index (χ4n) is 5.05. The van der Waals surface area contributed by atoms with Crippen LogP contribution in [0, 0.1) is 17.3 Å². The average molecular weight is 730 g/mol.